The average molecular weight is 314 g/mol. The lowest BCUT2D eigenvalue weighted by molar-refractivity contribution is -0.114. The van der Waals surface area contributed by atoms with E-state index in [-0.39, 0.29) is 17.4 Å². The van der Waals surface area contributed by atoms with E-state index in [4.69, 9.17) is 0 Å². The van der Waals surface area contributed by atoms with Crippen LogP contribution in [0.1, 0.15) is 43.7 Å². The number of hydrogen-bond acceptors (Lipinski definition) is 3. The lowest BCUT2D eigenvalue weighted by atomic mass is 10.1. The Hall–Kier alpha value is -2.63. The van der Waals surface area contributed by atoms with Crippen LogP contribution in [0.2, 0.25) is 0 Å². The van der Waals surface area contributed by atoms with Crippen LogP contribution in [0.3, 0.4) is 0 Å². The van der Waals surface area contributed by atoms with E-state index in [1.54, 1.807) is 35.0 Å². The Bertz CT molecular complexity index is 724. The molecule has 0 saturated heterocycles. The molecule has 0 saturated carbocycles. The van der Waals surface area contributed by atoms with E-state index in [2.05, 4.69) is 15.7 Å². The van der Waals surface area contributed by atoms with Gasteiger partial charge in [-0.05, 0) is 52.0 Å². The smallest absolute Gasteiger partial charge is 0.251 e. The summed E-state index contributed by atoms with van der Waals surface area (Å²) in [6.45, 7) is 9.11. The Morgan fingerprint density at radius 3 is 2.26 bits per heavy atom. The van der Waals surface area contributed by atoms with Gasteiger partial charge in [0.15, 0.2) is 0 Å². The third-order valence-electron chi connectivity index (χ3n) is 3.00. The summed E-state index contributed by atoms with van der Waals surface area (Å²) in [7, 11) is 0. The van der Waals surface area contributed by atoms with Crippen molar-refractivity contribution in [1.82, 2.24) is 15.1 Å². The number of carbonyl (C=O) groups is 2. The van der Waals surface area contributed by atoms with Crippen LogP contribution in [0.4, 0.5) is 5.82 Å². The minimum Gasteiger partial charge on any atom is -0.347 e. The van der Waals surface area contributed by atoms with Gasteiger partial charge >= 0.3 is 0 Å². The number of benzene rings is 1. The largest absolute Gasteiger partial charge is 0.347 e. The summed E-state index contributed by atoms with van der Waals surface area (Å²) >= 11 is 0. The van der Waals surface area contributed by atoms with Gasteiger partial charge in [-0.2, -0.15) is 5.10 Å². The number of hydrogen-bond donors (Lipinski definition) is 2. The van der Waals surface area contributed by atoms with Gasteiger partial charge in [-0.25, -0.2) is 4.68 Å². The van der Waals surface area contributed by atoms with Crippen molar-refractivity contribution in [2.45, 2.75) is 40.2 Å². The third-order valence-corrected chi connectivity index (χ3v) is 3.00. The Morgan fingerprint density at radius 2 is 1.74 bits per heavy atom. The van der Waals surface area contributed by atoms with Crippen molar-refractivity contribution in [2.75, 3.05) is 5.32 Å². The molecule has 0 aliphatic rings. The fourth-order valence-corrected chi connectivity index (χ4v) is 2.13. The van der Waals surface area contributed by atoms with Crippen molar-refractivity contribution in [3.05, 3.63) is 41.6 Å². The van der Waals surface area contributed by atoms with Gasteiger partial charge in [-0.1, -0.05) is 0 Å². The van der Waals surface area contributed by atoms with E-state index in [1.807, 2.05) is 27.7 Å². The highest BCUT2D eigenvalue weighted by Crippen LogP contribution is 2.18. The molecule has 0 unspecified atom stereocenters. The zero-order valence-electron chi connectivity index (χ0n) is 14.1. The first-order valence-corrected chi connectivity index (χ1v) is 7.43. The summed E-state index contributed by atoms with van der Waals surface area (Å²) < 4.78 is 1.64. The number of anilines is 1. The lowest BCUT2D eigenvalue weighted by Crippen LogP contribution is -2.40. The molecule has 0 aliphatic carbocycles. The molecule has 6 nitrogen and oxygen atoms in total. The van der Waals surface area contributed by atoms with Crippen LogP contribution in [0.15, 0.2) is 30.3 Å². The van der Waals surface area contributed by atoms with Crippen LogP contribution < -0.4 is 10.6 Å². The second kappa shape index (κ2) is 6.24. The fourth-order valence-electron chi connectivity index (χ4n) is 2.13. The highest BCUT2D eigenvalue weighted by molar-refractivity contribution is 5.94. The Labute approximate surface area is 135 Å². The standard InChI is InChI=1S/C17H22N4O2/c1-11-10-15(18-12(2)22)21(20-11)14-8-6-13(7-9-14)16(23)19-17(3,4)5/h6-10H,1-5H3,(H,18,22)(H,19,23). The van der Waals surface area contributed by atoms with Crippen LogP contribution in [0.25, 0.3) is 5.69 Å². The number of rotatable bonds is 3. The molecule has 122 valence electrons. The lowest BCUT2D eigenvalue weighted by Gasteiger charge is -2.20. The van der Waals surface area contributed by atoms with Gasteiger partial charge in [0.05, 0.1) is 11.4 Å². The molecule has 2 rings (SSSR count). The number of carbonyl (C=O) groups excluding carboxylic acids is 2. The van der Waals surface area contributed by atoms with Gasteiger partial charge in [0.2, 0.25) is 5.91 Å². The number of nitrogens with zero attached hydrogens (tertiary/aromatic N) is 2. The fraction of sp³-hybridized carbons (Fsp3) is 0.353. The zero-order valence-corrected chi connectivity index (χ0v) is 14.1. The molecule has 2 amide bonds. The summed E-state index contributed by atoms with van der Waals surface area (Å²) in [4.78, 5) is 23.4. The topological polar surface area (TPSA) is 76.0 Å². The predicted octanol–water partition coefficient (Wildman–Crippen LogP) is 2.67. The van der Waals surface area contributed by atoms with Gasteiger partial charge in [0, 0.05) is 24.1 Å². The maximum Gasteiger partial charge on any atom is 0.251 e. The van der Waals surface area contributed by atoms with E-state index in [1.165, 1.54) is 6.92 Å². The maximum atomic E-state index is 12.1. The summed E-state index contributed by atoms with van der Waals surface area (Å²) in [5, 5.41) is 10.0. The first-order chi connectivity index (χ1) is 10.7. The monoisotopic (exact) mass is 314 g/mol. The van der Waals surface area contributed by atoms with Crippen LogP contribution in [0, 0.1) is 6.92 Å². The molecule has 1 aromatic carbocycles. The second-order valence-corrected chi connectivity index (χ2v) is 6.51. The molecule has 6 heteroatoms. The minimum absolute atomic E-state index is 0.122. The Morgan fingerprint density at radius 1 is 1.13 bits per heavy atom. The molecule has 1 aromatic heterocycles. The van der Waals surface area contributed by atoms with Gasteiger partial charge in [-0.15, -0.1) is 0 Å². The number of nitrogens with one attached hydrogen (secondary N) is 2. The molecule has 0 fully saturated rings. The molecule has 0 bridgehead atoms. The van der Waals surface area contributed by atoms with Crippen LogP contribution in [0.5, 0.6) is 0 Å². The highest BCUT2D eigenvalue weighted by atomic mass is 16.2. The summed E-state index contributed by atoms with van der Waals surface area (Å²) in [6, 6.07) is 8.88. The van der Waals surface area contributed by atoms with Crippen molar-refractivity contribution in [3.8, 4) is 5.69 Å². The molecule has 0 spiro atoms. The van der Waals surface area contributed by atoms with Crippen LogP contribution in [-0.2, 0) is 4.79 Å². The SMILES string of the molecule is CC(=O)Nc1cc(C)nn1-c1ccc(C(=O)NC(C)(C)C)cc1. The van der Waals surface area contributed by atoms with Crippen molar-refractivity contribution < 1.29 is 9.59 Å². The Kier molecular flexibility index (Phi) is 4.54. The molecular formula is C17H22N4O2. The third kappa shape index (κ3) is 4.42. The van der Waals surface area contributed by atoms with Gasteiger partial charge in [0.1, 0.15) is 5.82 Å². The average Bonchev–Trinajstić information content (AvgIpc) is 2.77. The minimum atomic E-state index is -0.284. The molecule has 23 heavy (non-hydrogen) atoms. The van der Waals surface area contributed by atoms with Crippen molar-refractivity contribution in [1.29, 1.82) is 0 Å². The molecule has 0 aliphatic heterocycles. The highest BCUT2D eigenvalue weighted by Gasteiger charge is 2.15. The first-order valence-electron chi connectivity index (χ1n) is 7.43. The van der Waals surface area contributed by atoms with E-state index in [0.717, 1.165) is 11.4 Å². The van der Waals surface area contributed by atoms with Gasteiger partial charge in [-0.3, -0.25) is 9.59 Å². The van der Waals surface area contributed by atoms with E-state index >= 15 is 0 Å². The Balaban J connectivity index is 2.26. The molecule has 2 aromatic rings. The predicted molar refractivity (Wildman–Crippen MR) is 89.8 cm³/mol. The number of aromatic nitrogens is 2. The second-order valence-electron chi connectivity index (χ2n) is 6.51. The normalized spacial score (nSPS) is 11.2. The summed E-state index contributed by atoms with van der Waals surface area (Å²) in [5.41, 5.74) is 1.86. The molecule has 0 atom stereocenters. The van der Waals surface area contributed by atoms with E-state index in [9.17, 15) is 9.59 Å². The van der Waals surface area contributed by atoms with Gasteiger partial charge < -0.3 is 10.6 Å². The summed E-state index contributed by atoms with van der Waals surface area (Å²) in [5.74, 6) is 0.317. The molecular weight excluding hydrogens is 292 g/mol. The van der Waals surface area contributed by atoms with Crippen molar-refractivity contribution in [3.63, 3.8) is 0 Å². The van der Waals surface area contributed by atoms with Crippen LogP contribution >= 0.6 is 0 Å². The van der Waals surface area contributed by atoms with Gasteiger partial charge in [0.25, 0.3) is 5.91 Å². The molecule has 2 N–H and O–H groups in total. The first kappa shape index (κ1) is 16.7. The number of aryl methyl sites for hydroxylation is 1. The van der Waals surface area contributed by atoms with Crippen molar-refractivity contribution >= 4 is 17.6 Å². The number of amides is 2. The van der Waals surface area contributed by atoms with E-state index < -0.39 is 0 Å². The van der Waals surface area contributed by atoms with Crippen LogP contribution in [-0.4, -0.2) is 27.1 Å². The zero-order chi connectivity index (χ0) is 17.2. The molecule has 1 heterocycles. The van der Waals surface area contributed by atoms with Crippen molar-refractivity contribution in [2.24, 2.45) is 0 Å². The summed E-state index contributed by atoms with van der Waals surface area (Å²) in [6.07, 6.45) is 0. The molecule has 0 radical (unpaired) electrons. The maximum absolute atomic E-state index is 12.1. The quantitative estimate of drug-likeness (QED) is 0.914. The van der Waals surface area contributed by atoms with E-state index in [0.29, 0.717) is 11.4 Å².